The highest BCUT2D eigenvalue weighted by atomic mass is 14.9. The topological polar surface area (TPSA) is 51.8 Å². The van der Waals surface area contributed by atoms with Crippen LogP contribution in [-0.2, 0) is 0 Å². The molecule has 1 heterocycles. The number of rotatable bonds is 2. The Balaban J connectivity index is 2.88. The molecule has 0 aliphatic carbocycles. The zero-order valence-corrected chi connectivity index (χ0v) is 7.78. The van der Waals surface area contributed by atoms with Gasteiger partial charge in [-0.1, -0.05) is 13.8 Å². The summed E-state index contributed by atoms with van der Waals surface area (Å²) in [6, 6.07) is 1.89. The van der Waals surface area contributed by atoms with Crippen molar-refractivity contribution in [1.29, 1.82) is 0 Å². The Morgan fingerprint density at radius 2 is 2.08 bits per heavy atom. The van der Waals surface area contributed by atoms with Gasteiger partial charge in [0.2, 0.25) is 0 Å². The van der Waals surface area contributed by atoms with Crippen molar-refractivity contribution in [3.05, 3.63) is 23.8 Å². The summed E-state index contributed by atoms with van der Waals surface area (Å²) in [5.74, 6) is 1.20. The summed E-state index contributed by atoms with van der Waals surface area (Å²) in [7, 11) is 0. The van der Waals surface area contributed by atoms with Gasteiger partial charge in [0.25, 0.3) is 0 Å². The first-order chi connectivity index (χ1) is 5.61. The van der Waals surface area contributed by atoms with Crippen molar-refractivity contribution in [1.82, 2.24) is 9.97 Å². The van der Waals surface area contributed by atoms with Crippen LogP contribution in [0.2, 0.25) is 0 Å². The fourth-order valence-corrected chi connectivity index (χ4v) is 1.00. The molecule has 0 saturated carbocycles. The van der Waals surface area contributed by atoms with Crippen LogP contribution in [0.25, 0.3) is 0 Å². The van der Waals surface area contributed by atoms with Gasteiger partial charge < -0.3 is 5.73 Å². The van der Waals surface area contributed by atoms with Crippen LogP contribution in [0.15, 0.2) is 12.3 Å². The molecule has 66 valence electrons. The Morgan fingerprint density at radius 1 is 1.42 bits per heavy atom. The number of nitrogens with two attached hydrogens (primary N) is 1. The number of aryl methyl sites for hydroxylation is 1. The number of hydrogen-bond acceptors (Lipinski definition) is 3. The van der Waals surface area contributed by atoms with Crippen molar-refractivity contribution in [2.75, 3.05) is 0 Å². The van der Waals surface area contributed by atoms with Crippen LogP contribution in [-0.4, -0.2) is 9.97 Å². The van der Waals surface area contributed by atoms with E-state index in [4.69, 9.17) is 5.73 Å². The maximum atomic E-state index is 5.92. The van der Waals surface area contributed by atoms with E-state index < -0.39 is 0 Å². The third-order valence-corrected chi connectivity index (χ3v) is 1.86. The van der Waals surface area contributed by atoms with Gasteiger partial charge in [0.05, 0.1) is 5.69 Å². The molecular formula is C9H15N3. The van der Waals surface area contributed by atoms with Crippen molar-refractivity contribution in [3.63, 3.8) is 0 Å². The van der Waals surface area contributed by atoms with E-state index >= 15 is 0 Å². The quantitative estimate of drug-likeness (QED) is 0.721. The molecule has 0 saturated heterocycles. The Hall–Kier alpha value is -0.960. The highest BCUT2D eigenvalue weighted by Crippen LogP contribution is 2.15. The maximum absolute atomic E-state index is 5.92. The summed E-state index contributed by atoms with van der Waals surface area (Å²) in [5, 5.41) is 0. The zero-order chi connectivity index (χ0) is 9.14. The van der Waals surface area contributed by atoms with Gasteiger partial charge >= 0.3 is 0 Å². The normalized spacial score (nSPS) is 13.4. The zero-order valence-electron chi connectivity index (χ0n) is 7.78. The summed E-state index contributed by atoms with van der Waals surface area (Å²) in [5.41, 5.74) is 6.84. The van der Waals surface area contributed by atoms with Crippen LogP contribution in [0.1, 0.15) is 31.4 Å². The van der Waals surface area contributed by atoms with Gasteiger partial charge in [-0.05, 0) is 18.9 Å². The molecule has 3 heteroatoms. The number of aromatic nitrogens is 2. The smallest absolute Gasteiger partial charge is 0.125 e. The first-order valence-corrected chi connectivity index (χ1v) is 4.16. The SMILES string of the molecule is Cc1nccc([C@@H](N)C(C)C)n1. The van der Waals surface area contributed by atoms with Crippen molar-refractivity contribution in [3.8, 4) is 0 Å². The van der Waals surface area contributed by atoms with E-state index in [0.717, 1.165) is 11.5 Å². The Labute approximate surface area is 73.0 Å². The van der Waals surface area contributed by atoms with Crippen LogP contribution < -0.4 is 5.73 Å². The average Bonchev–Trinajstić information content (AvgIpc) is 2.03. The number of hydrogen-bond donors (Lipinski definition) is 1. The lowest BCUT2D eigenvalue weighted by molar-refractivity contribution is 0.501. The van der Waals surface area contributed by atoms with Crippen LogP contribution in [0, 0.1) is 12.8 Å². The van der Waals surface area contributed by atoms with Gasteiger partial charge in [0.1, 0.15) is 5.82 Å². The summed E-state index contributed by atoms with van der Waals surface area (Å²) >= 11 is 0. The molecule has 0 unspecified atom stereocenters. The molecule has 2 N–H and O–H groups in total. The molecule has 1 aromatic heterocycles. The minimum atomic E-state index is 0.0201. The second-order valence-electron chi connectivity index (χ2n) is 3.30. The molecule has 12 heavy (non-hydrogen) atoms. The molecule has 0 radical (unpaired) electrons. The fourth-order valence-electron chi connectivity index (χ4n) is 1.00. The van der Waals surface area contributed by atoms with E-state index in [1.165, 1.54) is 0 Å². The Bertz CT molecular complexity index is 258. The molecule has 0 aliphatic heterocycles. The monoisotopic (exact) mass is 165 g/mol. The summed E-state index contributed by atoms with van der Waals surface area (Å²) in [4.78, 5) is 8.27. The third-order valence-electron chi connectivity index (χ3n) is 1.86. The Morgan fingerprint density at radius 3 is 2.58 bits per heavy atom. The van der Waals surface area contributed by atoms with Crippen LogP contribution in [0.3, 0.4) is 0 Å². The predicted octanol–water partition coefficient (Wildman–Crippen LogP) is 1.44. The predicted molar refractivity (Wildman–Crippen MR) is 48.5 cm³/mol. The lowest BCUT2D eigenvalue weighted by atomic mass is 10.0. The van der Waals surface area contributed by atoms with Crippen LogP contribution >= 0.6 is 0 Å². The van der Waals surface area contributed by atoms with E-state index in [-0.39, 0.29) is 6.04 Å². The van der Waals surface area contributed by atoms with Gasteiger partial charge in [-0.15, -0.1) is 0 Å². The highest BCUT2D eigenvalue weighted by Gasteiger charge is 2.11. The molecule has 1 rings (SSSR count). The molecule has 3 nitrogen and oxygen atoms in total. The fraction of sp³-hybridized carbons (Fsp3) is 0.556. The maximum Gasteiger partial charge on any atom is 0.125 e. The van der Waals surface area contributed by atoms with Gasteiger partial charge in [-0.2, -0.15) is 0 Å². The van der Waals surface area contributed by atoms with Gasteiger partial charge in [0, 0.05) is 12.2 Å². The first-order valence-electron chi connectivity index (χ1n) is 4.16. The second kappa shape index (κ2) is 3.63. The van der Waals surface area contributed by atoms with Crippen molar-refractivity contribution < 1.29 is 0 Å². The minimum absolute atomic E-state index is 0.0201. The van der Waals surface area contributed by atoms with Gasteiger partial charge in [0.15, 0.2) is 0 Å². The second-order valence-corrected chi connectivity index (χ2v) is 3.30. The summed E-state index contributed by atoms with van der Waals surface area (Å²) in [6.45, 7) is 6.04. The average molecular weight is 165 g/mol. The Kier molecular flexibility index (Phi) is 2.76. The molecule has 0 aromatic carbocycles. The molecular weight excluding hydrogens is 150 g/mol. The summed E-state index contributed by atoms with van der Waals surface area (Å²) in [6.07, 6.45) is 1.75. The standard InChI is InChI=1S/C9H15N3/c1-6(2)9(10)8-4-5-11-7(3)12-8/h4-6,9H,10H2,1-3H3/t9-/m0/s1. The van der Waals surface area contributed by atoms with Crippen LogP contribution in [0.4, 0.5) is 0 Å². The van der Waals surface area contributed by atoms with Gasteiger partial charge in [-0.3, -0.25) is 0 Å². The van der Waals surface area contributed by atoms with Gasteiger partial charge in [-0.25, -0.2) is 9.97 Å². The summed E-state index contributed by atoms with van der Waals surface area (Å²) < 4.78 is 0. The lowest BCUT2D eigenvalue weighted by Crippen LogP contribution is -2.18. The molecule has 1 aromatic rings. The van der Waals surface area contributed by atoms with Crippen molar-refractivity contribution in [2.45, 2.75) is 26.8 Å². The van der Waals surface area contributed by atoms with E-state index in [9.17, 15) is 0 Å². The lowest BCUT2D eigenvalue weighted by Gasteiger charge is -2.14. The molecule has 0 bridgehead atoms. The first kappa shape index (κ1) is 9.13. The molecule has 0 fully saturated rings. The molecule has 1 atom stereocenters. The minimum Gasteiger partial charge on any atom is -0.322 e. The van der Waals surface area contributed by atoms with Crippen molar-refractivity contribution in [2.24, 2.45) is 11.7 Å². The van der Waals surface area contributed by atoms with E-state index in [0.29, 0.717) is 5.92 Å². The molecule has 0 aliphatic rings. The van der Waals surface area contributed by atoms with E-state index in [1.807, 2.05) is 13.0 Å². The van der Waals surface area contributed by atoms with E-state index in [1.54, 1.807) is 6.20 Å². The van der Waals surface area contributed by atoms with Crippen LogP contribution in [0.5, 0.6) is 0 Å². The van der Waals surface area contributed by atoms with Crippen molar-refractivity contribution >= 4 is 0 Å². The highest BCUT2D eigenvalue weighted by molar-refractivity contribution is 5.07. The molecule has 0 amide bonds. The third kappa shape index (κ3) is 2.01. The number of nitrogens with zero attached hydrogens (tertiary/aromatic N) is 2. The largest absolute Gasteiger partial charge is 0.322 e. The molecule has 0 spiro atoms. The van der Waals surface area contributed by atoms with E-state index in [2.05, 4.69) is 23.8 Å².